The monoisotopic (exact) mass is 261 g/mol. The summed E-state index contributed by atoms with van der Waals surface area (Å²) in [5.74, 6) is 0.618. The summed E-state index contributed by atoms with van der Waals surface area (Å²) in [6.45, 7) is 7.35. The van der Waals surface area contributed by atoms with Gasteiger partial charge >= 0.3 is 0 Å². The molecular weight excluding hydrogens is 234 g/mol. The molecule has 1 aliphatic heterocycles. The molecule has 0 aliphatic carbocycles. The van der Waals surface area contributed by atoms with E-state index < -0.39 is 0 Å². The summed E-state index contributed by atoms with van der Waals surface area (Å²) in [5.41, 5.74) is 2.83. The van der Waals surface area contributed by atoms with E-state index in [1.54, 1.807) is 0 Å². The number of benzene rings is 1. The van der Waals surface area contributed by atoms with Crippen LogP contribution in [0.3, 0.4) is 0 Å². The molecule has 1 aromatic carbocycles. The highest BCUT2D eigenvalue weighted by Crippen LogP contribution is 2.29. The average molecular weight is 261 g/mol. The first-order chi connectivity index (χ1) is 9.35. The van der Waals surface area contributed by atoms with Crippen molar-refractivity contribution in [3.8, 4) is 0 Å². The number of rotatable bonds is 6. The van der Waals surface area contributed by atoms with Gasteiger partial charge in [-0.2, -0.15) is 0 Å². The molecule has 0 amide bonds. The minimum absolute atomic E-state index is 0.450. The number of aryl methyl sites for hydroxylation is 1. The number of hydrogen-bond acceptors (Lipinski definition) is 2. The van der Waals surface area contributed by atoms with Crippen LogP contribution in [0.2, 0.25) is 0 Å². The SMILES string of the molecule is CCCNC(c1ccc(CC)cc1)C1CCCOC1. The first kappa shape index (κ1) is 14.5. The van der Waals surface area contributed by atoms with Crippen molar-refractivity contribution in [3.63, 3.8) is 0 Å². The summed E-state index contributed by atoms with van der Waals surface area (Å²) in [4.78, 5) is 0. The second kappa shape index (κ2) is 7.66. The van der Waals surface area contributed by atoms with Crippen molar-refractivity contribution >= 4 is 0 Å². The van der Waals surface area contributed by atoms with Crippen molar-refractivity contribution in [1.82, 2.24) is 5.32 Å². The molecule has 1 aliphatic rings. The van der Waals surface area contributed by atoms with Crippen LogP contribution in [0.5, 0.6) is 0 Å². The zero-order valence-corrected chi connectivity index (χ0v) is 12.3. The van der Waals surface area contributed by atoms with E-state index in [9.17, 15) is 0 Å². The smallest absolute Gasteiger partial charge is 0.0512 e. The lowest BCUT2D eigenvalue weighted by molar-refractivity contribution is 0.0390. The Morgan fingerprint density at radius 1 is 1.26 bits per heavy atom. The van der Waals surface area contributed by atoms with E-state index in [1.165, 1.54) is 30.4 Å². The number of ether oxygens (including phenoxy) is 1. The molecule has 1 N–H and O–H groups in total. The molecule has 1 aromatic rings. The molecule has 0 spiro atoms. The highest BCUT2D eigenvalue weighted by molar-refractivity contribution is 5.25. The zero-order chi connectivity index (χ0) is 13.5. The summed E-state index contributed by atoms with van der Waals surface area (Å²) >= 11 is 0. The Labute approximate surface area is 117 Å². The maximum atomic E-state index is 5.67. The molecule has 0 radical (unpaired) electrons. The molecule has 19 heavy (non-hydrogen) atoms. The lowest BCUT2D eigenvalue weighted by Crippen LogP contribution is -2.33. The summed E-state index contributed by atoms with van der Waals surface area (Å²) in [6.07, 6.45) is 4.76. The van der Waals surface area contributed by atoms with Crippen LogP contribution in [0.4, 0.5) is 0 Å². The van der Waals surface area contributed by atoms with Crippen molar-refractivity contribution in [1.29, 1.82) is 0 Å². The van der Waals surface area contributed by atoms with Crippen LogP contribution in [-0.4, -0.2) is 19.8 Å². The van der Waals surface area contributed by atoms with Gasteiger partial charge in [-0.3, -0.25) is 0 Å². The largest absolute Gasteiger partial charge is 0.381 e. The van der Waals surface area contributed by atoms with Gasteiger partial charge < -0.3 is 10.1 Å². The van der Waals surface area contributed by atoms with Crippen LogP contribution in [-0.2, 0) is 11.2 Å². The second-order valence-electron chi connectivity index (χ2n) is 5.50. The molecule has 2 unspecified atom stereocenters. The fraction of sp³-hybridized carbons (Fsp3) is 0.647. The molecule has 2 atom stereocenters. The number of nitrogens with one attached hydrogen (secondary N) is 1. The average Bonchev–Trinajstić information content (AvgIpc) is 2.49. The highest BCUT2D eigenvalue weighted by Gasteiger charge is 2.24. The predicted octanol–water partition coefficient (Wildman–Crippen LogP) is 3.72. The van der Waals surface area contributed by atoms with Crippen molar-refractivity contribution in [2.24, 2.45) is 5.92 Å². The van der Waals surface area contributed by atoms with E-state index in [4.69, 9.17) is 4.74 Å². The molecule has 0 bridgehead atoms. The van der Waals surface area contributed by atoms with E-state index in [2.05, 4.69) is 43.4 Å². The molecular formula is C17H27NO. The van der Waals surface area contributed by atoms with E-state index in [1.807, 2.05) is 0 Å². The standard InChI is InChI=1S/C17H27NO/c1-3-11-18-17(16-6-5-12-19-13-16)15-9-7-14(4-2)8-10-15/h7-10,16-18H,3-6,11-13H2,1-2H3. The third-order valence-corrected chi connectivity index (χ3v) is 4.03. The van der Waals surface area contributed by atoms with E-state index in [0.717, 1.165) is 26.2 Å². The summed E-state index contributed by atoms with van der Waals surface area (Å²) in [5, 5.41) is 3.71. The molecule has 2 heteroatoms. The minimum Gasteiger partial charge on any atom is -0.381 e. The molecule has 2 rings (SSSR count). The Morgan fingerprint density at radius 2 is 2.05 bits per heavy atom. The van der Waals surface area contributed by atoms with Gasteiger partial charge in [0.2, 0.25) is 0 Å². The second-order valence-corrected chi connectivity index (χ2v) is 5.50. The fourth-order valence-corrected chi connectivity index (χ4v) is 2.85. The first-order valence-electron chi connectivity index (χ1n) is 7.75. The number of hydrogen-bond donors (Lipinski definition) is 1. The third-order valence-electron chi connectivity index (χ3n) is 4.03. The normalized spacial score (nSPS) is 21.3. The van der Waals surface area contributed by atoms with Crippen LogP contribution in [0, 0.1) is 5.92 Å². The van der Waals surface area contributed by atoms with E-state index >= 15 is 0 Å². The van der Waals surface area contributed by atoms with Gasteiger partial charge in [-0.25, -0.2) is 0 Å². The summed E-state index contributed by atoms with van der Waals surface area (Å²) < 4.78 is 5.67. The van der Waals surface area contributed by atoms with Gasteiger partial charge in [0.05, 0.1) is 6.61 Å². The fourth-order valence-electron chi connectivity index (χ4n) is 2.85. The first-order valence-corrected chi connectivity index (χ1v) is 7.75. The molecule has 1 saturated heterocycles. The Balaban J connectivity index is 2.10. The van der Waals surface area contributed by atoms with Crippen LogP contribution in [0.15, 0.2) is 24.3 Å². The molecule has 1 heterocycles. The maximum Gasteiger partial charge on any atom is 0.0512 e. The lowest BCUT2D eigenvalue weighted by Gasteiger charge is -2.31. The maximum absolute atomic E-state index is 5.67. The predicted molar refractivity (Wildman–Crippen MR) is 80.4 cm³/mol. The van der Waals surface area contributed by atoms with Gasteiger partial charge in [-0.05, 0) is 43.4 Å². The topological polar surface area (TPSA) is 21.3 Å². The lowest BCUT2D eigenvalue weighted by atomic mass is 9.88. The highest BCUT2D eigenvalue weighted by atomic mass is 16.5. The summed E-state index contributed by atoms with van der Waals surface area (Å²) in [6, 6.07) is 9.56. The van der Waals surface area contributed by atoms with Gasteiger partial charge in [0, 0.05) is 18.6 Å². The Bertz CT molecular complexity index is 354. The Kier molecular flexibility index (Phi) is 5.87. The van der Waals surface area contributed by atoms with E-state index in [0.29, 0.717) is 12.0 Å². The minimum atomic E-state index is 0.450. The van der Waals surface area contributed by atoms with Crippen LogP contribution >= 0.6 is 0 Å². The van der Waals surface area contributed by atoms with Crippen molar-refractivity contribution in [2.75, 3.05) is 19.8 Å². The van der Waals surface area contributed by atoms with Crippen LogP contribution in [0.1, 0.15) is 50.3 Å². The van der Waals surface area contributed by atoms with Crippen LogP contribution in [0.25, 0.3) is 0 Å². The van der Waals surface area contributed by atoms with Crippen molar-refractivity contribution in [3.05, 3.63) is 35.4 Å². The van der Waals surface area contributed by atoms with Gasteiger partial charge in [-0.15, -0.1) is 0 Å². The zero-order valence-electron chi connectivity index (χ0n) is 12.3. The van der Waals surface area contributed by atoms with Gasteiger partial charge in [0.25, 0.3) is 0 Å². The van der Waals surface area contributed by atoms with Crippen molar-refractivity contribution in [2.45, 2.75) is 45.6 Å². The van der Waals surface area contributed by atoms with E-state index in [-0.39, 0.29) is 0 Å². The summed E-state index contributed by atoms with van der Waals surface area (Å²) in [7, 11) is 0. The Hall–Kier alpha value is -0.860. The molecule has 2 nitrogen and oxygen atoms in total. The molecule has 0 saturated carbocycles. The molecule has 0 aromatic heterocycles. The Morgan fingerprint density at radius 3 is 2.63 bits per heavy atom. The van der Waals surface area contributed by atoms with Crippen LogP contribution < -0.4 is 5.32 Å². The quantitative estimate of drug-likeness (QED) is 0.842. The third kappa shape index (κ3) is 4.05. The van der Waals surface area contributed by atoms with Gasteiger partial charge in [-0.1, -0.05) is 38.1 Å². The molecule has 1 fully saturated rings. The van der Waals surface area contributed by atoms with Gasteiger partial charge in [0.1, 0.15) is 0 Å². The van der Waals surface area contributed by atoms with Crippen molar-refractivity contribution < 1.29 is 4.74 Å². The molecule has 106 valence electrons. The van der Waals surface area contributed by atoms with Gasteiger partial charge in [0.15, 0.2) is 0 Å².